The highest BCUT2D eigenvalue weighted by Crippen LogP contribution is 2.27. The van der Waals surface area contributed by atoms with Crippen LogP contribution in [0.3, 0.4) is 0 Å². The lowest BCUT2D eigenvalue weighted by Gasteiger charge is -2.09. The van der Waals surface area contributed by atoms with Crippen molar-refractivity contribution in [2.45, 2.75) is 20.0 Å². The van der Waals surface area contributed by atoms with Gasteiger partial charge in [0, 0.05) is 6.54 Å². The van der Waals surface area contributed by atoms with E-state index in [2.05, 4.69) is 5.32 Å². The SMILES string of the molecule is Cc1cc(NCC(C)O)c([N+](=O)[O-])cc1F. The van der Waals surface area contributed by atoms with Gasteiger partial charge in [-0.1, -0.05) is 0 Å². The minimum atomic E-state index is -0.660. The predicted molar refractivity (Wildman–Crippen MR) is 58.0 cm³/mol. The molecule has 5 nitrogen and oxygen atoms in total. The second-order valence-corrected chi connectivity index (χ2v) is 3.61. The second-order valence-electron chi connectivity index (χ2n) is 3.61. The Morgan fingerprint density at radius 1 is 1.62 bits per heavy atom. The van der Waals surface area contributed by atoms with Gasteiger partial charge in [0.25, 0.3) is 5.69 Å². The van der Waals surface area contributed by atoms with Crippen molar-refractivity contribution in [1.29, 1.82) is 0 Å². The summed E-state index contributed by atoms with van der Waals surface area (Å²) in [6.45, 7) is 3.24. The van der Waals surface area contributed by atoms with Gasteiger partial charge in [0.15, 0.2) is 0 Å². The van der Waals surface area contributed by atoms with Crippen molar-refractivity contribution < 1.29 is 14.4 Å². The maximum absolute atomic E-state index is 13.1. The van der Waals surface area contributed by atoms with Gasteiger partial charge in [-0.2, -0.15) is 0 Å². The molecule has 0 amide bonds. The minimum absolute atomic E-state index is 0.173. The molecular weight excluding hydrogens is 215 g/mol. The zero-order chi connectivity index (χ0) is 12.3. The Kier molecular flexibility index (Phi) is 3.78. The van der Waals surface area contributed by atoms with Gasteiger partial charge in [-0.3, -0.25) is 10.1 Å². The second kappa shape index (κ2) is 4.89. The van der Waals surface area contributed by atoms with Crippen LogP contribution in [-0.2, 0) is 0 Å². The number of nitro groups is 1. The highest BCUT2D eigenvalue weighted by Gasteiger charge is 2.16. The predicted octanol–water partition coefficient (Wildman–Crippen LogP) is 1.84. The van der Waals surface area contributed by atoms with E-state index in [0.29, 0.717) is 5.56 Å². The van der Waals surface area contributed by atoms with Crippen molar-refractivity contribution in [3.63, 3.8) is 0 Å². The normalized spacial score (nSPS) is 12.2. The third-order valence-corrected chi connectivity index (χ3v) is 2.06. The fraction of sp³-hybridized carbons (Fsp3) is 0.400. The van der Waals surface area contributed by atoms with Crippen LogP contribution >= 0.6 is 0 Å². The number of nitrogens with one attached hydrogen (secondary N) is 1. The summed E-state index contributed by atoms with van der Waals surface area (Å²) in [6, 6.07) is 2.23. The average Bonchev–Trinajstić information content (AvgIpc) is 2.18. The molecule has 0 fully saturated rings. The summed E-state index contributed by atoms with van der Waals surface area (Å²) in [5.74, 6) is -0.616. The molecule has 88 valence electrons. The number of hydrogen-bond donors (Lipinski definition) is 2. The first-order chi connectivity index (χ1) is 7.41. The van der Waals surface area contributed by atoms with E-state index < -0.39 is 16.8 Å². The zero-order valence-corrected chi connectivity index (χ0v) is 9.03. The van der Waals surface area contributed by atoms with E-state index >= 15 is 0 Å². The van der Waals surface area contributed by atoms with Crippen LogP contribution in [0.5, 0.6) is 0 Å². The van der Waals surface area contributed by atoms with E-state index in [9.17, 15) is 14.5 Å². The van der Waals surface area contributed by atoms with E-state index in [-0.39, 0.29) is 17.9 Å². The molecule has 0 radical (unpaired) electrons. The molecule has 0 heterocycles. The molecule has 0 aliphatic carbocycles. The monoisotopic (exact) mass is 228 g/mol. The molecule has 0 saturated carbocycles. The zero-order valence-electron chi connectivity index (χ0n) is 9.03. The maximum atomic E-state index is 13.1. The third-order valence-electron chi connectivity index (χ3n) is 2.06. The topological polar surface area (TPSA) is 75.4 Å². The van der Waals surface area contributed by atoms with Crippen LogP contribution in [-0.4, -0.2) is 22.7 Å². The number of aliphatic hydroxyl groups excluding tert-OH is 1. The summed E-state index contributed by atoms with van der Waals surface area (Å²) in [4.78, 5) is 10.0. The van der Waals surface area contributed by atoms with Gasteiger partial charge < -0.3 is 10.4 Å². The van der Waals surface area contributed by atoms with Gasteiger partial charge in [-0.25, -0.2) is 4.39 Å². The van der Waals surface area contributed by atoms with E-state index in [1.165, 1.54) is 13.0 Å². The lowest BCUT2D eigenvalue weighted by Crippen LogP contribution is -2.16. The Balaban J connectivity index is 3.05. The molecule has 1 rings (SSSR count). The summed E-state index contributed by atoms with van der Waals surface area (Å²) in [5, 5.41) is 22.4. The van der Waals surface area contributed by atoms with Gasteiger partial charge in [-0.05, 0) is 25.5 Å². The van der Waals surface area contributed by atoms with Gasteiger partial charge in [0.1, 0.15) is 11.5 Å². The summed E-state index contributed by atoms with van der Waals surface area (Å²) in [6.07, 6.45) is -0.634. The minimum Gasteiger partial charge on any atom is -0.392 e. The summed E-state index contributed by atoms with van der Waals surface area (Å²) >= 11 is 0. The number of halogens is 1. The molecule has 0 saturated heterocycles. The van der Waals surface area contributed by atoms with Crippen LogP contribution < -0.4 is 5.32 Å². The third kappa shape index (κ3) is 2.90. The molecule has 1 unspecified atom stereocenters. The molecule has 16 heavy (non-hydrogen) atoms. The molecular formula is C10H13FN2O3. The lowest BCUT2D eigenvalue weighted by atomic mass is 10.1. The number of anilines is 1. The van der Waals surface area contributed by atoms with E-state index in [1.54, 1.807) is 6.92 Å². The van der Waals surface area contributed by atoms with Crippen molar-refractivity contribution in [2.24, 2.45) is 0 Å². The molecule has 0 aromatic heterocycles. The Hall–Kier alpha value is -1.69. The molecule has 1 atom stereocenters. The Labute approximate surface area is 92.1 Å². The molecule has 6 heteroatoms. The molecule has 2 N–H and O–H groups in total. The standard InChI is InChI=1S/C10H13FN2O3/c1-6-3-9(12-5-7(2)14)10(13(15)16)4-8(6)11/h3-4,7,12,14H,5H2,1-2H3. The molecule has 0 aliphatic rings. The first-order valence-corrected chi connectivity index (χ1v) is 4.78. The fourth-order valence-corrected chi connectivity index (χ4v) is 1.22. The highest BCUT2D eigenvalue weighted by molar-refractivity contribution is 5.63. The molecule has 0 bridgehead atoms. The smallest absolute Gasteiger partial charge is 0.295 e. The molecule has 0 spiro atoms. The van der Waals surface area contributed by atoms with Crippen molar-refractivity contribution in [2.75, 3.05) is 11.9 Å². The summed E-state index contributed by atoms with van der Waals surface area (Å²) in [7, 11) is 0. The number of nitro benzene ring substituents is 1. The molecule has 1 aromatic carbocycles. The first kappa shape index (κ1) is 12.4. The fourth-order valence-electron chi connectivity index (χ4n) is 1.22. The van der Waals surface area contributed by atoms with Gasteiger partial charge in [0.05, 0.1) is 17.1 Å². The van der Waals surface area contributed by atoms with Crippen LogP contribution in [0.25, 0.3) is 0 Å². The number of benzene rings is 1. The summed E-state index contributed by atoms with van der Waals surface area (Å²) < 4.78 is 13.1. The molecule has 0 aliphatic heterocycles. The van der Waals surface area contributed by atoms with Crippen molar-refractivity contribution in [3.05, 3.63) is 33.6 Å². The van der Waals surface area contributed by atoms with Crippen molar-refractivity contribution in [1.82, 2.24) is 0 Å². The van der Waals surface area contributed by atoms with E-state index in [4.69, 9.17) is 5.11 Å². The van der Waals surface area contributed by atoms with Crippen LogP contribution in [0.2, 0.25) is 0 Å². The first-order valence-electron chi connectivity index (χ1n) is 4.78. The van der Waals surface area contributed by atoms with Crippen LogP contribution in [0.1, 0.15) is 12.5 Å². The Morgan fingerprint density at radius 2 is 2.25 bits per heavy atom. The number of aliphatic hydroxyl groups is 1. The summed E-state index contributed by atoms with van der Waals surface area (Å²) in [5.41, 5.74) is 0.201. The highest BCUT2D eigenvalue weighted by atomic mass is 19.1. The number of aryl methyl sites for hydroxylation is 1. The quantitative estimate of drug-likeness (QED) is 0.609. The lowest BCUT2D eigenvalue weighted by molar-refractivity contribution is -0.384. The van der Waals surface area contributed by atoms with Crippen molar-refractivity contribution >= 4 is 11.4 Å². The van der Waals surface area contributed by atoms with E-state index in [0.717, 1.165) is 6.07 Å². The average molecular weight is 228 g/mol. The number of hydrogen-bond acceptors (Lipinski definition) is 4. The maximum Gasteiger partial charge on any atom is 0.295 e. The van der Waals surface area contributed by atoms with Crippen molar-refractivity contribution in [3.8, 4) is 0 Å². The Bertz CT molecular complexity index is 407. The van der Waals surface area contributed by atoms with Crippen LogP contribution in [0.4, 0.5) is 15.8 Å². The Morgan fingerprint density at radius 3 is 2.75 bits per heavy atom. The van der Waals surface area contributed by atoms with E-state index in [1.807, 2.05) is 0 Å². The number of nitrogens with zero attached hydrogens (tertiary/aromatic N) is 1. The molecule has 1 aromatic rings. The number of rotatable bonds is 4. The van der Waals surface area contributed by atoms with Gasteiger partial charge in [-0.15, -0.1) is 0 Å². The van der Waals surface area contributed by atoms with Gasteiger partial charge >= 0.3 is 0 Å². The van der Waals surface area contributed by atoms with Crippen LogP contribution in [0.15, 0.2) is 12.1 Å². The largest absolute Gasteiger partial charge is 0.392 e. The van der Waals surface area contributed by atoms with Crippen LogP contribution in [0, 0.1) is 22.9 Å². The van der Waals surface area contributed by atoms with Gasteiger partial charge in [0.2, 0.25) is 0 Å².